The molecule has 1 aromatic carbocycles. The summed E-state index contributed by atoms with van der Waals surface area (Å²) in [5.74, 6) is -0.997. The molecule has 2 amide bonds. The molecule has 1 saturated carbocycles. The van der Waals surface area contributed by atoms with Crippen LogP contribution in [0, 0.1) is 17.6 Å². The zero-order valence-electron chi connectivity index (χ0n) is 25.4. The van der Waals surface area contributed by atoms with Gasteiger partial charge in [-0.3, -0.25) is 9.78 Å². The smallest absolute Gasteiger partial charge is 0.409 e. The molecule has 4 aromatic rings. The highest BCUT2D eigenvalue weighted by Gasteiger charge is 2.39. The van der Waals surface area contributed by atoms with Gasteiger partial charge in [0.15, 0.2) is 0 Å². The molecule has 1 saturated heterocycles. The number of nitrogens with two attached hydrogens (primary N) is 1. The minimum Gasteiger partial charge on any atom is -0.453 e. The number of likely N-dealkylation sites (N-methyl/N-ethyl adjacent to an activating group) is 1. The molecule has 11 nitrogen and oxygen atoms in total. The van der Waals surface area contributed by atoms with Crippen molar-refractivity contribution in [2.75, 3.05) is 26.0 Å². The van der Waals surface area contributed by atoms with Gasteiger partial charge in [0.2, 0.25) is 11.9 Å². The van der Waals surface area contributed by atoms with Crippen LogP contribution in [0.5, 0.6) is 0 Å². The van der Waals surface area contributed by atoms with Crippen molar-refractivity contribution in [2.24, 2.45) is 11.7 Å². The number of fused-ring (bicyclic) bond motifs is 1. The van der Waals surface area contributed by atoms with Crippen LogP contribution in [-0.4, -0.2) is 74.2 Å². The molecular formula is C32H36F2N8O3. The molecule has 6 rings (SSSR count). The molecule has 2 fully saturated rings. The van der Waals surface area contributed by atoms with E-state index in [1.54, 1.807) is 47.6 Å². The number of anilines is 2. The number of hydrogen-bond acceptors (Lipinski definition) is 8. The average Bonchev–Trinajstić information content (AvgIpc) is 3.61. The Morgan fingerprint density at radius 3 is 2.64 bits per heavy atom. The van der Waals surface area contributed by atoms with E-state index < -0.39 is 17.7 Å². The number of likely N-dealkylation sites (tertiary alicyclic amines) is 1. The Hall–Kier alpha value is -4.65. The van der Waals surface area contributed by atoms with E-state index in [9.17, 15) is 9.59 Å². The number of rotatable bonds is 7. The fraction of sp³-hybridized carbons (Fsp3) is 0.406. The van der Waals surface area contributed by atoms with Gasteiger partial charge in [-0.2, -0.15) is 9.61 Å². The molecule has 4 atom stereocenters. The van der Waals surface area contributed by atoms with E-state index in [0.717, 1.165) is 18.4 Å². The first-order valence-corrected chi connectivity index (χ1v) is 15.0. The van der Waals surface area contributed by atoms with Crippen LogP contribution < -0.4 is 11.1 Å². The summed E-state index contributed by atoms with van der Waals surface area (Å²) in [5, 5.41) is 7.87. The SMILES string of the molecule is COC(=O)N(C)[C@@H]1[C@H](N)C[C@H](c2ccncc2Nc2ncc3ccc(-c4c(F)cc(CN5CCCC5=O)cc4F)nn23)C[C@@H]1C. The van der Waals surface area contributed by atoms with Gasteiger partial charge in [-0.1, -0.05) is 6.92 Å². The second kappa shape index (κ2) is 12.4. The van der Waals surface area contributed by atoms with Gasteiger partial charge in [0.25, 0.3) is 0 Å². The van der Waals surface area contributed by atoms with Crippen molar-refractivity contribution in [3.8, 4) is 11.3 Å². The summed E-state index contributed by atoms with van der Waals surface area (Å²) in [6.45, 7) is 2.82. The van der Waals surface area contributed by atoms with Gasteiger partial charge in [-0.25, -0.2) is 18.6 Å². The zero-order chi connectivity index (χ0) is 31.8. The van der Waals surface area contributed by atoms with E-state index in [4.69, 9.17) is 10.5 Å². The van der Waals surface area contributed by atoms with E-state index in [2.05, 4.69) is 27.3 Å². The molecule has 13 heteroatoms. The third-order valence-corrected chi connectivity index (χ3v) is 8.97. The van der Waals surface area contributed by atoms with Crippen molar-refractivity contribution in [3.63, 3.8) is 0 Å². The van der Waals surface area contributed by atoms with E-state index in [1.165, 1.54) is 23.8 Å². The van der Waals surface area contributed by atoms with Gasteiger partial charge in [-0.05, 0) is 72.6 Å². The van der Waals surface area contributed by atoms with Crippen LogP contribution in [0.25, 0.3) is 16.8 Å². The third kappa shape index (κ3) is 5.91. The van der Waals surface area contributed by atoms with Crippen molar-refractivity contribution < 1.29 is 23.1 Å². The number of aromatic nitrogens is 4. The zero-order valence-corrected chi connectivity index (χ0v) is 25.4. The first-order chi connectivity index (χ1) is 21.6. The summed E-state index contributed by atoms with van der Waals surface area (Å²) < 4.78 is 37.1. The number of benzene rings is 1. The number of carbonyl (C=O) groups is 2. The van der Waals surface area contributed by atoms with Crippen LogP contribution in [0.4, 0.5) is 25.2 Å². The van der Waals surface area contributed by atoms with Crippen molar-refractivity contribution in [2.45, 2.75) is 57.2 Å². The molecule has 45 heavy (non-hydrogen) atoms. The number of halogens is 2. The molecule has 1 aliphatic heterocycles. The van der Waals surface area contributed by atoms with Crippen LogP contribution in [-0.2, 0) is 16.1 Å². The summed E-state index contributed by atoms with van der Waals surface area (Å²) in [4.78, 5) is 36.2. The number of ether oxygens (including phenoxy) is 1. The third-order valence-electron chi connectivity index (χ3n) is 8.97. The monoisotopic (exact) mass is 618 g/mol. The quantitative estimate of drug-likeness (QED) is 0.301. The second-order valence-corrected chi connectivity index (χ2v) is 12.0. The predicted molar refractivity (Wildman–Crippen MR) is 164 cm³/mol. The Balaban J connectivity index is 1.26. The van der Waals surface area contributed by atoms with Crippen LogP contribution in [0.15, 0.2) is 48.9 Å². The molecule has 3 aromatic heterocycles. The number of hydrogen-bond donors (Lipinski definition) is 2. The first-order valence-electron chi connectivity index (χ1n) is 15.0. The molecule has 3 N–H and O–H groups in total. The summed E-state index contributed by atoms with van der Waals surface area (Å²) >= 11 is 0. The molecule has 4 heterocycles. The van der Waals surface area contributed by atoms with Gasteiger partial charge >= 0.3 is 6.09 Å². The van der Waals surface area contributed by atoms with Gasteiger partial charge in [0.05, 0.1) is 48.0 Å². The Morgan fingerprint density at radius 2 is 1.96 bits per heavy atom. The number of nitrogens with zero attached hydrogens (tertiary/aromatic N) is 6. The van der Waals surface area contributed by atoms with Crippen LogP contribution in [0.3, 0.4) is 0 Å². The topological polar surface area (TPSA) is 131 Å². The highest BCUT2D eigenvalue weighted by molar-refractivity contribution is 5.78. The Kier molecular flexibility index (Phi) is 8.36. The van der Waals surface area contributed by atoms with Crippen LogP contribution >= 0.6 is 0 Å². The van der Waals surface area contributed by atoms with Crippen molar-refractivity contribution in [1.82, 2.24) is 29.4 Å². The summed E-state index contributed by atoms with van der Waals surface area (Å²) in [6.07, 6.45) is 7.24. The molecule has 0 spiro atoms. The number of carbonyl (C=O) groups excluding carboxylic acids is 2. The van der Waals surface area contributed by atoms with E-state index in [1.807, 2.05) is 6.07 Å². The lowest BCUT2D eigenvalue weighted by Crippen LogP contribution is -2.55. The Labute approximate surface area is 259 Å². The van der Waals surface area contributed by atoms with Crippen molar-refractivity contribution in [3.05, 3.63) is 71.7 Å². The molecular weight excluding hydrogens is 582 g/mol. The summed E-state index contributed by atoms with van der Waals surface area (Å²) in [7, 11) is 3.07. The largest absolute Gasteiger partial charge is 0.453 e. The molecule has 1 aliphatic carbocycles. The van der Waals surface area contributed by atoms with Crippen molar-refractivity contribution >= 4 is 29.2 Å². The van der Waals surface area contributed by atoms with Gasteiger partial charge in [-0.15, -0.1) is 0 Å². The average molecular weight is 619 g/mol. The number of imidazole rings is 1. The maximum Gasteiger partial charge on any atom is 0.409 e. The highest BCUT2D eigenvalue weighted by Crippen LogP contribution is 2.40. The number of pyridine rings is 1. The number of nitrogens with one attached hydrogen (secondary N) is 1. The standard InChI is InChI=1S/C32H36F2N8O3/c1-18-11-20(14-25(35)30(18)40(2)32(44)45-3)22-8-9-36-16-27(22)38-31-37-15-21-6-7-26(39-42(21)31)29-23(33)12-19(13-24(29)34)17-41-10-4-5-28(41)43/h6-9,12-13,15-16,18,20,25,30H,4-5,10-11,14,17,35H2,1-3H3,(H,37,38)/t18-,20+,25+,30-/m0/s1. The predicted octanol–water partition coefficient (Wildman–Crippen LogP) is 4.84. The normalized spacial score (nSPS) is 21.7. The second-order valence-electron chi connectivity index (χ2n) is 12.0. The number of methoxy groups -OCH3 is 1. The maximum atomic E-state index is 15.3. The molecule has 236 valence electrons. The van der Waals surface area contributed by atoms with Gasteiger partial charge in [0.1, 0.15) is 11.6 Å². The molecule has 2 aliphatic rings. The summed E-state index contributed by atoms with van der Waals surface area (Å²) in [5.41, 5.74) is 9.16. The lowest BCUT2D eigenvalue weighted by atomic mass is 9.73. The van der Waals surface area contributed by atoms with Gasteiger partial charge in [0, 0.05) is 38.8 Å². The van der Waals surface area contributed by atoms with Crippen LogP contribution in [0.1, 0.15) is 49.7 Å². The fourth-order valence-electron chi connectivity index (χ4n) is 6.90. The molecule has 0 radical (unpaired) electrons. The Bertz CT molecular complexity index is 1710. The number of amides is 2. The molecule has 0 bridgehead atoms. The maximum absolute atomic E-state index is 15.3. The van der Waals surface area contributed by atoms with Crippen LogP contribution in [0.2, 0.25) is 0 Å². The van der Waals surface area contributed by atoms with E-state index in [-0.39, 0.29) is 47.6 Å². The lowest BCUT2D eigenvalue weighted by Gasteiger charge is -2.43. The lowest BCUT2D eigenvalue weighted by molar-refractivity contribution is -0.128. The van der Waals surface area contributed by atoms with Gasteiger partial charge < -0.3 is 25.6 Å². The van der Waals surface area contributed by atoms with E-state index >= 15 is 8.78 Å². The first kappa shape index (κ1) is 30.4. The minimum atomic E-state index is -0.758. The Morgan fingerprint density at radius 1 is 1.18 bits per heavy atom. The van der Waals surface area contributed by atoms with Crippen molar-refractivity contribution in [1.29, 1.82) is 0 Å². The van der Waals surface area contributed by atoms with E-state index in [0.29, 0.717) is 42.1 Å². The molecule has 0 unspecified atom stereocenters. The highest BCUT2D eigenvalue weighted by atomic mass is 19.1. The fourth-order valence-corrected chi connectivity index (χ4v) is 6.90. The minimum absolute atomic E-state index is 0.0138. The summed E-state index contributed by atoms with van der Waals surface area (Å²) in [6, 6.07) is 7.26.